The van der Waals surface area contributed by atoms with Gasteiger partial charge >= 0.3 is 0 Å². The van der Waals surface area contributed by atoms with Crippen molar-refractivity contribution in [1.29, 1.82) is 0 Å². The Labute approximate surface area is 133 Å². The van der Waals surface area contributed by atoms with Crippen molar-refractivity contribution >= 4 is 29.3 Å². The molecule has 0 aromatic carbocycles. The second-order valence-corrected chi connectivity index (χ2v) is 5.60. The zero-order chi connectivity index (χ0) is 15.4. The quantitative estimate of drug-likeness (QED) is 0.941. The molecule has 0 radical (unpaired) electrons. The minimum atomic E-state index is -0.0163. The van der Waals surface area contributed by atoms with Crippen LogP contribution in [0.4, 0.5) is 11.8 Å². The average Bonchev–Trinajstić information content (AvgIpc) is 2.58. The van der Waals surface area contributed by atoms with E-state index >= 15 is 0 Å². The highest BCUT2D eigenvalue weighted by Crippen LogP contribution is 2.21. The third-order valence-electron chi connectivity index (χ3n) is 3.68. The number of hydrogen-bond donors (Lipinski definition) is 1. The molecule has 1 saturated heterocycles. The second kappa shape index (κ2) is 6.70. The van der Waals surface area contributed by atoms with E-state index in [1.165, 1.54) is 6.20 Å². The van der Waals surface area contributed by atoms with Gasteiger partial charge in [-0.1, -0.05) is 11.6 Å². The summed E-state index contributed by atoms with van der Waals surface area (Å²) in [6.45, 7) is 1.55. The molecule has 3 heterocycles. The number of halogens is 1. The molecule has 1 aliphatic heterocycles. The minimum Gasteiger partial charge on any atom is -0.341 e. The summed E-state index contributed by atoms with van der Waals surface area (Å²) < 4.78 is 0. The maximum absolute atomic E-state index is 12.3. The average molecular weight is 318 g/mol. The SMILES string of the molecule is O=C(Nc1ccc(Cl)cn1)C1CCN(c2ncccn2)CC1. The van der Waals surface area contributed by atoms with Gasteiger partial charge in [-0.05, 0) is 31.0 Å². The molecule has 1 amide bonds. The van der Waals surface area contributed by atoms with Gasteiger partial charge in [0.2, 0.25) is 11.9 Å². The van der Waals surface area contributed by atoms with Crippen molar-refractivity contribution in [3.63, 3.8) is 0 Å². The van der Waals surface area contributed by atoms with Crippen LogP contribution in [0.25, 0.3) is 0 Å². The van der Waals surface area contributed by atoms with Crippen LogP contribution in [0, 0.1) is 5.92 Å². The number of carbonyl (C=O) groups is 1. The first kappa shape index (κ1) is 14.7. The Morgan fingerprint density at radius 3 is 2.55 bits per heavy atom. The molecule has 1 fully saturated rings. The summed E-state index contributed by atoms with van der Waals surface area (Å²) >= 11 is 5.78. The van der Waals surface area contributed by atoms with E-state index in [4.69, 9.17) is 11.6 Å². The first-order valence-corrected chi connectivity index (χ1v) is 7.54. The van der Waals surface area contributed by atoms with Gasteiger partial charge in [0.1, 0.15) is 5.82 Å². The van der Waals surface area contributed by atoms with Gasteiger partial charge in [-0.25, -0.2) is 15.0 Å². The lowest BCUT2D eigenvalue weighted by Crippen LogP contribution is -2.39. The summed E-state index contributed by atoms with van der Waals surface area (Å²) in [5.74, 6) is 1.24. The third-order valence-corrected chi connectivity index (χ3v) is 3.90. The van der Waals surface area contributed by atoms with E-state index in [1.54, 1.807) is 30.6 Å². The predicted molar refractivity (Wildman–Crippen MR) is 84.8 cm³/mol. The Morgan fingerprint density at radius 1 is 1.18 bits per heavy atom. The predicted octanol–water partition coefficient (Wildman–Crippen LogP) is 2.38. The molecule has 2 aromatic rings. The number of pyridine rings is 1. The fourth-order valence-corrected chi connectivity index (χ4v) is 2.59. The Balaban J connectivity index is 1.54. The summed E-state index contributed by atoms with van der Waals surface area (Å²) in [5.41, 5.74) is 0. The zero-order valence-corrected chi connectivity index (χ0v) is 12.7. The molecule has 0 atom stereocenters. The highest BCUT2D eigenvalue weighted by molar-refractivity contribution is 6.30. The molecule has 1 N–H and O–H groups in total. The summed E-state index contributed by atoms with van der Waals surface area (Å²) in [5, 5.41) is 3.39. The Bertz CT molecular complexity index is 626. The molecule has 2 aromatic heterocycles. The monoisotopic (exact) mass is 317 g/mol. The number of carbonyl (C=O) groups excluding carboxylic acids is 1. The first-order valence-electron chi connectivity index (χ1n) is 7.17. The molecule has 7 heteroatoms. The smallest absolute Gasteiger partial charge is 0.228 e. The molecule has 0 unspecified atom stereocenters. The van der Waals surface area contributed by atoms with Crippen LogP contribution in [-0.4, -0.2) is 33.9 Å². The molecule has 0 bridgehead atoms. The Hall–Kier alpha value is -2.21. The van der Waals surface area contributed by atoms with Crippen LogP contribution in [-0.2, 0) is 4.79 Å². The summed E-state index contributed by atoms with van der Waals surface area (Å²) in [6.07, 6.45) is 6.53. The van der Waals surface area contributed by atoms with Gasteiger partial charge in [0, 0.05) is 37.6 Å². The van der Waals surface area contributed by atoms with E-state index in [0.29, 0.717) is 10.8 Å². The summed E-state index contributed by atoms with van der Waals surface area (Å²) in [7, 11) is 0. The van der Waals surface area contributed by atoms with Crippen molar-refractivity contribution in [2.24, 2.45) is 5.92 Å². The maximum Gasteiger partial charge on any atom is 0.228 e. The van der Waals surface area contributed by atoms with E-state index < -0.39 is 0 Å². The molecule has 114 valence electrons. The van der Waals surface area contributed by atoms with Gasteiger partial charge in [-0.15, -0.1) is 0 Å². The zero-order valence-electron chi connectivity index (χ0n) is 11.9. The number of aromatic nitrogens is 3. The highest BCUT2D eigenvalue weighted by atomic mass is 35.5. The molecular weight excluding hydrogens is 302 g/mol. The topological polar surface area (TPSA) is 71.0 Å². The normalized spacial score (nSPS) is 15.6. The standard InChI is InChI=1S/C15H16ClN5O/c16-12-2-3-13(19-10-12)20-14(22)11-4-8-21(9-5-11)15-17-6-1-7-18-15/h1-3,6-7,10-11H,4-5,8-9H2,(H,19,20,22). The van der Waals surface area contributed by atoms with Crippen molar-refractivity contribution in [3.8, 4) is 0 Å². The fourth-order valence-electron chi connectivity index (χ4n) is 2.47. The second-order valence-electron chi connectivity index (χ2n) is 5.16. The van der Waals surface area contributed by atoms with Gasteiger partial charge in [0.15, 0.2) is 0 Å². The van der Waals surface area contributed by atoms with Crippen LogP contribution < -0.4 is 10.2 Å². The first-order chi connectivity index (χ1) is 10.7. The largest absolute Gasteiger partial charge is 0.341 e. The molecule has 1 aliphatic rings. The van der Waals surface area contributed by atoms with Crippen LogP contribution in [0.1, 0.15) is 12.8 Å². The molecule has 0 saturated carbocycles. The summed E-state index contributed by atoms with van der Waals surface area (Å²) in [6, 6.07) is 5.20. The number of anilines is 2. The lowest BCUT2D eigenvalue weighted by Gasteiger charge is -2.31. The van der Waals surface area contributed by atoms with E-state index in [1.807, 2.05) is 0 Å². The Morgan fingerprint density at radius 2 is 1.91 bits per heavy atom. The van der Waals surface area contributed by atoms with Crippen LogP contribution >= 0.6 is 11.6 Å². The van der Waals surface area contributed by atoms with Crippen molar-refractivity contribution < 1.29 is 4.79 Å². The molecular formula is C15H16ClN5O. The highest BCUT2D eigenvalue weighted by Gasteiger charge is 2.26. The number of nitrogens with one attached hydrogen (secondary N) is 1. The van der Waals surface area contributed by atoms with Crippen molar-refractivity contribution in [3.05, 3.63) is 41.8 Å². The number of nitrogens with zero attached hydrogens (tertiary/aromatic N) is 4. The van der Waals surface area contributed by atoms with Crippen LogP contribution in [0.5, 0.6) is 0 Å². The van der Waals surface area contributed by atoms with Gasteiger partial charge in [-0.2, -0.15) is 0 Å². The molecule has 22 heavy (non-hydrogen) atoms. The number of amides is 1. The summed E-state index contributed by atoms with van der Waals surface area (Å²) in [4.78, 5) is 26.9. The van der Waals surface area contributed by atoms with Crippen molar-refractivity contribution in [1.82, 2.24) is 15.0 Å². The van der Waals surface area contributed by atoms with Crippen molar-refractivity contribution in [2.45, 2.75) is 12.8 Å². The molecule has 0 spiro atoms. The maximum atomic E-state index is 12.3. The van der Waals surface area contributed by atoms with Gasteiger partial charge in [0.05, 0.1) is 5.02 Å². The van der Waals surface area contributed by atoms with Crippen LogP contribution in [0.2, 0.25) is 5.02 Å². The number of hydrogen-bond acceptors (Lipinski definition) is 5. The van der Waals surface area contributed by atoms with Gasteiger partial charge < -0.3 is 10.2 Å². The molecule has 0 aliphatic carbocycles. The number of piperidine rings is 1. The van der Waals surface area contributed by atoms with Crippen LogP contribution in [0.3, 0.4) is 0 Å². The van der Waals surface area contributed by atoms with Crippen molar-refractivity contribution in [2.75, 3.05) is 23.3 Å². The number of rotatable bonds is 3. The lowest BCUT2D eigenvalue weighted by molar-refractivity contribution is -0.120. The van der Waals surface area contributed by atoms with E-state index in [-0.39, 0.29) is 11.8 Å². The molecule has 6 nitrogen and oxygen atoms in total. The lowest BCUT2D eigenvalue weighted by atomic mass is 9.96. The molecule has 3 rings (SSSR count). The Kier molecular flexibility index (Phi) is 4.48. The van der Waals surface area contributed by atoms with E-state index in [2.05, 4.69) is 25.2 Å². The van der Waals surface area contributed by atoms with Crippen LogP contribution in [0.15, 0.2) is 36.8 Å². The van der Waals surface area contributed by atoms with E-state index in [0.717, 1.165) is 31.9 Å². The fraction of sp³-hybridized carbons (Fsp3) is 0.333. The van der Waals surface area contributed by atoms with E-state index in [9.17, 15) is 4.79 Å². The van der Waals surface area contributed by atoms with Gasteiger partial charge in [-0.3, -0.25) is 4.79 Å². The van der Waals surface area contributed by atoms with Gasteiger partial charge in [0.25, 0.3) is 0 Å². The third kappa shape index (κ3) is 3.51. The minimum absolute atomic E-state index is 0.00320.